The Labute approximate surface area is 192 Å². The van der Waals surface area contributed by atoms with Crippen molar-refractivity contribution in [3.8, 4) is 5.75 Å². The van der Waals surface area contributed by atoms with E-state index >= 15 is 0 Å². The molecule has 6 rings (SSSR count). The van der Waals surface area contributed by atoms with Gasteiger partial charge < -0.3 is 4.74 Å². The molecule has 162 valence electrons. The summed E-state index contributed by atoms with van der Waals surface area (Å²) in [5.41, 5.74) is 2.23. The number of benzene rings is 3. The summed E-state index contributed by atoms with van der Waals surface area (Å²) in [6.45, 7) is 0. The minimum absolute atomic E-state index is 0.321. The van der Waals surface area contributed by atoms with E-state index in [0.717, 1.165) is 20.7 Å². The van der Waals surface area contributed by atoms with E-state index in [1.165, 1.54) is 11.3 Å². The van der Waals surface area contributed by atoms with Crippen LogP contribution in [0.15, 0.2) is 72.8 Å². The predicted octanol–water partition coefficient (Wildman–Crippen LogP) is 4.06. The van der Waals surface area contributed by atoms with Crippen LogP contribution < -0.4 is 9.64 Å². The number of rotatable bonds is 4. The second-order valence-corrected chi connectivity index (χ2v) is 8.87. The Morgan fingerprint density at radius 1 is 0.788 bits per heavy atom. The lowest BCUT2D eigenvalue weighted by Gasteiger charge is -2.48. The highest BCUT2D eigenvalue weighted by atomic mass is 32.1. The van der Waals surface area contributed by atoms with Crippen molar-refractivity contribution in [3.05, 3.63) is 89.5 Å². The number of ether oxygens (including phenoxy) is 1. The number of amides is 3. The van der Waals surface area contributed by atoms with Crippen LogP contribution in [0.1, 0.15) is 32.3 Å². The minimum Gasteiger partial charge on any atom is -0.497 e. The topological polar surface area (TPSA) is 79.8 Å². The summed E-state index contributed by atoms with van der Waals surface area (Å²) in [6, 6.07) is 20.1. The molecule has 0 spiro atoms. The first-order valence-electron chi connectivity index (χ1n) is 10.4. The van der Waals surface area contributed by atoms with E-state index in [-0.39, 0.29) is 5.91 Å². The number of anilines is 1. The van der Waals surface area contributed by atoms with Crippen molar-refractivity contribution in [1.29, 1.82) is 0 Å². The Morgan fingerprint density at radius 2 is 1.42 bits per heavy atom. The average molecular weight is 455 g/mol. The van der Waals surface area contributed by atoms with Crippen LogP contribution in [0.25, 0.3) is 10.2 Å². The first-order valence-corrected chi connectivity index (χ1v) is 11.2. The molecular formula is C25H17N3O4S. The summed E-state index contributed by atoms with van der Waals surface area (Å²) in [6.07, 6.45) is 0. The summed E-state index contributed by atoms with van der Waals surface area (Å²) < 4.78 is 6.22. The molecule has 0 N–H and O–H groups in total. The normalized spacial score (nSPS) is 19.7. The van der Waals surface area contributed by atoms with Crippen molar-refractivity contribution >= 4 is 44.4 Å². The number of thiazole rings is 1. The number of imide groups is 1. The van der Waals surface area contributed by atoms with Crippen LogP contribution in [-0.4, -0.2) is 40.8 Å². The van der Waals surface area contributed by atoms with Crippen molar-refractivity contribution in [2.45, 2.75) is 12.1 Å². The third kappa shape index (κ3) is 2.81. The average Bonchev–Trinajstić information content (AvgIpc) is 3.37. The van der Waals surface area contributed by atoms with Crippen LogP contribution in [0.4, 0.5) is 5.13 Å². The zero-order chi connectivity index (χ0) is 22.7. The summed E-state index contributed by atoms with van der Waals surface area (Å²) in [4.78, 5) is 47.1. The highest BCUT2D eigenvalue weighted by molar-refractivity contribution is 7.22. The van der Waals surface area contributed by atoms with Crippen LogP contribution in [0.5, 0.6) is 5.75 Å². The van der Waals surface area contributed by atoms with E-state index in [2.05, 4.69) is 4.98 Å². The molecule has 3 aromatic carbocycles. The standard InChI is InChI=1S/C25H17N3O4S/c1-32-15-12-10-14(11-13-15)20-21(27-22(29)16-6-2-3-7-17(16)23(27)30)24(31)28(20)25-26-18-8-4-5-9-19(18)33-25/h2-13,20-21H,1H3/t20-,21-/m0/s1. The monoisotopic (exact) mass is 455 g/mol. The molecule has 0 aliphatic carbocycles. The van der Waals surface area contributed by atoms with Gasteiger partial charge in [-0.1, -0.05) is 47.7 Å². The molecule has 4 aromatic rings. The van der Waals surface area contributed by atoms with E-state index in [4.69, 9.17) is 4.74 Å². The van der Waals surface area contributed by atoms with Crippen molar-refractivity contribution in [2.75, 3.05) is 12.0 Å². The van der Waals surface area contributed by atoms with Gasteiger partial charge in [-0.25, -0.2) is 4.98 Å². The Kier molecular flexibility index (Phi) is 4.31. The van der Waals surface area contributed by atoms with E-state index in [1.807, 2.05) is 36.4 Å². The van der Waals surface area contributed by atoms with Gasteiger partial charge in [-0.15, -0.1) is 0 Å². The van der Waals surface area contributed by atoms with Gasteiger partial charge >= 0.3 is 0 Å². The van der Waals surface area contributed by atoms with Crippen LogP contribution in [0, 0.1) is 0 Å². The smallest absolute Gasteiger partial charge is 0.262 e. The predicted molar refractivity (Wildman–Crippen MR) is 124 cm³/mol. The van der Waals surface area contributed by atoms with Gasteiger partial charge in [-0.05, 0) is 42.0 Å². The molecule has 2 aliphatic heterocycles. The number of para-hydroxylation sites is 1. The van der Waals surface area contributed by atoms with Gasteiger partial charge in [0.2, 0.25) is 0 Å². The Hall–Kier alpha value is -4.04. The van der Waals surface area contributed by atoms with Gasteiger partial charge in [0.15, 0.2) is 5.13 Å². The summed E-state index contributed by atoms with van der Waals surface area (Å²) in [5, 5.41) is 0.537. The maximum atomic E-state index is 13.5. The molecule has 0 radical (unpaired) electrons. The van der Waals surface area contributed by atoms with Crippen LogP contribution in [0.2, 0.25) is 0 Å². The molecule has 0 saturated carbocycles. The number of nitrogens with zero attached hydrogens (tertiary/aromatic N) is 3. The number of carbonyl (C=O) groups excluding carboxylic acids is 3. The quantitative estimate of drug-likeness (QED) is 0.343. The number of aromatic nitrogens is 1. The summed E-state index contributed by atoms with van der Waals surface area (Å²) in [7, 11) is 1.58. The maximum absolute atomic E-state index is 13.5. The highest BCUT2D eigenvalue weighted by Gasteiger charge is 2.58. The Morgan fingerprint density at radius 3 is 2.06 bits per heavy atom. The molecule has 2 atom stereocenters. The number of β-lactam (4-membered cyclic amide) rings is 1. The molecule has 7 nitrogen and oxygen atoms in total. The van der Waals surface area contributed by atoms with Crippen LogP contribution in [-0.2, 0) is 4.79 Å². The van der Waals surface area contributed by atoms with Crippen LogP contribution >= 0.6 is 11.3 Å². The largest absolute Gasteiger partial charge is 0.497 e. The number of hydrogen-bond donors (Lipinski definition) is 0. The number of hydrogen-bond acceptors (Lipinski definition) is 6. The summed E-state index contributed by atoms with van der Waals surface area (Å²) in [5.74, 6) is -0.551. The lowest BCUT2D eigenvalue weighted by atomic mass is 9.87. The van der Waals surface area contributed by atoms with Crippen molar-refractivity contribution in [1.82, 2.24) is 9.88 Å². The fraction of sp³-hybridized carbons (Fsp3) is 0.120. The fourth-order valence-electron chi connectivity index (χ4n) is 4.49. The molecule has 1 fully saturated rings. The zero-order valence-corrected chi connectivity index (χ0v) is 18.3. The SMILES string of the molecule is COc1ccc([C@H]2[C@H](N3C(=O)c4ccccc4C3=O)C(=O)N2c2nc3ccccc3s2)cc1. The second kappa shape index (κ2) is 7.25. The minimum atomic E-state index is -0.946. The third-order valence-electron chi connectivity index (χ3n) is 6.12. The molecule has 2 aliphatic rings. The van der Waals surface area contributed by atoms with Gasteiger partial charge in [0, 0.05) is 0 Å². The van der Waals surface area contributed by atoms with Crippen molar-refractivity contribution < 1.29 is 19.1 Å². The molecule has 1 aromatic heterocycles. The van der Waals surface area contributed by atoms with E-state index < -0.39 is 23.9 Å². The number of methoxy groups -OCH3 is 1. The molecular weight excluding hydrogens is 438 g/mol. The number of carbonyl (C=O) groups is 3. The van der Waals surface area contributed by atoms with Crippen molar-refractivity contribution in [2.24, 2.45) is 0 Å². The van der Waals surface area contributed by atoms with E-state index in [9.17, 15) is 14.4 Å². The lowest BCUT2D eigenvalue weighted by Crippen LogP contribution is -2.67. The first-order chi connectivity index (χ1) is 16.1. The fourth-order valence-corrected chi connectivity index (χ4v) is 5.50. The molecule has 0 unspecified atom stereocenters. The molecule has 8 heteroatoms. The van der Waals surface area contributed by atoms with E-state index in [0.29, 0.717) is 22.0 Å². The van der Waals surface area contributed by atoms with Gasteiger partial charge in [0.25, 0.3) is 17.7 Å². The molecule has 1 saturated heterocycles. The molecule has 3 amide bonds. The highest BCUT2D eigenvalue weighted by Crippen LogP contribution is 2.46. The van der Waals surface area contributed by atoms with Gasteiger partial charge in [0.05, 0.1) is 34.5 Å². The van der Waals surface area contributed by atoms with Crippen LogP contribution in [0.3, 0.4) is 0 Å². The lowest BCUT2D eigenvalue weighted by molar-refractivity contribution is -0.130. The first kappa shape index (κ1) is 19.6. The van der Waals surface area contributed by atoms with Gasteiger partial charge in [-0.2, -0.15) is 0 Å². The van der Waals surface area contributed by atoms with Gasteiger partial charge in [0.1, 0.15) is 11.8 Å². The van der Waals surface area contributed by atoms with Gasteiger partial charge in [-0.3, -0.25) is 24.2 Å². The second-order valence-electron chi connectivity index (χ2n) is 7.86. The Bertz CT molecular complexity index is 1380. The van der Waals surface area contributed by atoms with Crippen molar-refractivity contribution in [3.63, 3.8) is 0 Å². The molecule has 0 bridgehead atoms. The zero-order valence-electron chi connectivity index (χ0n) is 17.5. The maximum Gasteiger partial charge on any atom is 0.262 e. The number of fused-ring (bicyclic) bond motifs is 2. The Balaban J connectivity index is 1.45. The van der Waals surface area contributed by atoms with E-state index in [1.54, 1.807) is 48.4 Å². The molecule has 33 heavy (non-hydrogen) atoms. The summed E-state index contributed by atoms with van der Waals surface area (Å²) >= 11 is 1.41. The molecule has 3 heterocycles. The third-order valence-corrected chi connectivity index (χ3v) is 7.15.